The Morgan fingerprint density at radius 3 is 2.63 bits per heavy atom. The van der Waals surface area contributed by atoms with Crippen LogP contribution in [0.1, 0.15) is 37.7 Å². The van der Waals surface area contributed by atoms with Crippen LogP contribution in [0.15, 0.2) is 48.5 Å². The van der Waals surface area contributed by atoms with Crippen LogP contribution in [0.5, 0.6) is 0 Å². The summed E-state index contributed by atoms with van der Waals surface area (Å²) in [5.41, 5.74) is 1.96. The number of aliphatic hydroxyl groups is 1. The molecule has 1 saturated heterocycles. The fourth-order valence-electron chi connectivity index (χ4n) is 4.20. The first-order valence-electron chi connectivity index (χ1n) is 9.92. The summed E-state index contributed by atoms with van der Waals surface area (Å²) in [6.07, 6.45) is 4.60. The van der Waals surface area contributed by atoms with E-state index in [0.717, 1.165) is 55.5 Å². The maximum absolute atomic E-state index is 13.4. The summed E-state index contributed by atoms with van der Waals surface area (Å²) in [5, 5.41) is 15.4. The lowest BCUT2D eigenvalue weighted by atomic mass is 9.72. The third-order valence-electron chi connectivity index (χ3n) is 5.68. The zero-order chi connectivity index (χ0) is 19.1. The second-order valence-corrected chi connectivity index (χ2v) is 7.47. The summed E-state index contributed by atoms with van der Waals surface area (Å²) in [5.74, 6) is -0.0852. The lowest BCUT2D eigenvalue weighted by molar-refractivity contribution is -0.0429. The predicted molar refractivity (Wildman–Crippen MR) is 107 cm³/mol. The molecule has 2 aromatic rings. The van der Waals surface area contributed by atoms with Gasteiger partial charge in [-0.1, -0.05) is 36.4 Å². The number of methoxy groups -OCH3 is 1. The largest absolute Gasteiger partial charge is 0.385 e. The predicted octanol–water partition coefficient (Wildman–Crippen LogP) is 4.50. The van der Waals surface area contributed by atoms with Crippen LogP contribution < -0.4 is 5.32 Å². The molecule has 0 spiro atoms. The first-order chi connectivity index (χ1) is 13.1. The molecule has 27 heavy (non-hydrogen) atoms. The highest BCUT2D eigenvalue weighted by Crippen LogP contribution is 2.42. The summed E-state index contributed by atoms with van der Waals surface area (Å²) < 4.78 is 18.6. The quantitative estimate of drug-likeness (QED) is 0.672. The monoisotopic (exact) mass is 371 g/mol. The number of ether oxygens (including phenoxy) is 1. The highest BCUT2D eigenvalue weighted by molar-refractivity contribution is 5.68. The normalized spacial score (nSPS) is 19.6. The van der Waals surface area contributed by atoms with E-state index in [1.165, 1.54) is 12.1 Å². The van der Waals surface area contributed by atoms with E-state index < -0.39 is 5.60 Å². The molecule has 0 aromatic heterocycles. The highest BCUT2D eigenvalue weighted by Gasteiger charge is 2.39. The van der Waals surface area contributed by atoms with Crippen molar-refractivity contribution in [2.45, 2.75) is 37.7 Å². The zero-order valence-corrected chi connectivity index (χ0v) is 16.1. The molecule has 3 rings (SSSR count). The lowest BCUT2D eigenvalue weighted by Gasteiger charge is -2.40. The van der Waals surface area contributed by atoms with Gasteiger partial charge in [-0.15, -0.1) is 0 Å². The van der Waals surface area contributed by atoms with Crippen LogP contribution in [-0.4, -0.2) is 31.9 Å². The Bertz CT molecular complexity index is 713. The van der Waals surface area contributed by atoms with Crippen molar-refractivity contribution in [3.8, 4) is 11.1 Å². The van der Waals surface area contributed by atoms with Crippen molar-refractivity contribution in [3.63, 3.8) is 0 Å². The summed E-state index contributed by atoms with van der Waals surface area (Å²) in [6.45, 7) is 2.53. The van der Waals surface area contributed by atoms with Crippen molar-refractivity contribution >= 4 is 0 Å². The molecule has 0 aliphatic carbocycles. The van der Waals surface area contributed by atoms with Gasteiger partial charge in [0.1, 0.15) is 5.82 Å². The molecule has 3 nitrogen and oxygen atoms in total. The topological polar surface area (TPSA) is 41.5 Å². The maximum atomic E-state index is 13.4. The Morgan fingerprint density at radius 2 is 1.93 bits per heavy atom. The van der Waals surface area contributed by atoms with Crippen molar-refractivity contribution in [1.29, 1.82) is 0 Å². The Hall–Kier alpha value is -1.75. The first kappa shape index (κ1) is 20.0. The molecule has 0 bridgehead atoms. The van der Waals surface area contributed by atoms with E-state index in [4.69, 9.17) is 4.74 Å². The van der Waals surface area contributed by atoms with Gasteiger partial charge in [0.25, 0.3) is 0 Å². The number of unbranched alkanes of at least 4 members (excludes halogenated alkanes) is 1. The van der Waals surface area contributed by atoms with Gasteiger partial charge in [-0.25, -0.2) is 4.39 Å². The van der Waals surface area contributed by atoms with E-state index in [2.05, 4.69) is 5.32 Å². The molecular weight excluding hydrogens is 341 g/mol. The second-order valence-electron chi connectivity index (χ2n) is 7.47. The van der Waals surface area contributed by atoms with Crippen molar-refractivity contribution in [2.75, 3.05) is 26.8 Å². The number of piperidine rings is 1. The van der Waals surface area contributed by atoms with Crippen LogP contribution in [0.4, 0.5) is 4.39 Å². The average Bonchev–Trinajstić information content (AvgIpc) is 2.72. The number of benzene rings is 2. The Morgan fingerprint density at radius 1 is 1.15 bits per heavy atom. The van der Waals surface area contributed by atoms with Crippen LogP contribution in [0.3, 0.4) is 0 Å². The minimum atomic E-state index is -0.911. The lowest BCUT2D eigenvalue weighted by Crippen LogP contribution is -2.44. The van der Waals surface area contributed by atoms with Crippen molar-refractivity contribution in [1.82, 2.24) is 5.32 Å². The van der Waals surface area contributed by atoms with E-state index in [9.17, 15) is 9.50 Å². The summed E-state index contributed by atoms with van der Waals surface area (Å²) >= 11 is 0. The van der Waals surface area contributed by atoms with Gasteiger partial charge in [-0.05, 0) is 67.5 Å². The zero-order valence-electron chi connectivity index (χ0n) is 16.1. The van der Waals surface area contributed by atoms with Gasteiger partial charge in [0.15, 0.2) is 0 Å². The Balaban J connectivity index is 1.97. The van der Waals surface area contributed by atoms with Gasteiger partial charge < -0.3 is 15.2 Å². The minimum absolute atomic E-state index is 0.162. The fourth-order valence-corrected chi connectivity index (χ4v) is 4.20. The van der Waals surface area contributed by atoms with Crippen LogP contribution in [0, 0.1) is 11.7 Å². The molecule has 0 amide bonds. The molecule has 2 atom stereocenters. The van der Waals surface area contributed by atoms with Gasteiger partial charge in [-0.2, -0.15) is 0 Å². The standard InChI is InChI=1S/C23H30FNO2/c1-27-16-5-4-14-23(26,19-7-6-15-25-17-19)22-9-3-2-8-21(22)18-10-12-20(24)13-11-18/h2-3,8-13,19,25-26H,4-7,14-17H2,1H3/t19?,23-/m0/s1. The van der Waals surface area contributed by atoms with E-state index in [1.807, 2.05) is 24.3 Å². The van der Waals surface area contributed by atoms with Crippen LogP contribution >= 0.6 is 0 Å². The van der Waals surface area contributed by atoms with E-state index in [-0.39, 0.29) is 11.7 Å². The number of nitrogens with one attached hydrogen (secondary N) is 1. The third kappa shape index (κ3) is 4.75. The number of hydrogen-bond donors (Lipinski definition) is 2. The Labute approximate surface area is 161 Å². The van der Waals surface area contributed by atoms with Crippen molar-refractivity contribution in [3.05, 3.63) is 59.9 Å². The minimum Gasteiger partial charge on any atom is -0.385 e. The number of hydrogen-bond acceptors (Lipinski definition) is 3. The van der Waals surface area contributed by atoms with Crippen LogP contribution in [0.25, 0.3) is 11.1 Å². The van der Waals surface area contributed by atoms with E-state index >= 15 is 0 Å². The van der Waals surface area contributed by atoms with Gasteiger partial charge in [0, 0.05) is 26.2 Å². The smallest absolute Gasteiger partial charge is 0.123 e. The molecule has 146 valence electrons. The molecule has 2 aromatic carbocycles. The summed E-state index contributed by atoms with van der Waals surface area (Å²) in [7, 11) is 1.71. The van der Waals surface area contributed by atoms with Crippen LogP contribution in [0.2, 0.25) is 0 Å². The SMILES string of the molecule is COCCCC[C@@](O)(c1ccccc1-c1ccc(F)cc1)C1CCCNC1. The fraction of sp³-hybridized carbons (Fsp3) is 0.478. The molecule has 1 aliphatic rings. The van der Waals surface area contributed by atoms with Crippen LogP contribution in [-0.2, 0) is 10.3 Å². The molecule has 1 fully saturated rings. The number of halogens is 1. The molecule has 0 saturated carbocycles. The third-order valence-corrected chi connectivity index (χ3v) is 5.68. The van der Waals surface area contributed by atoms with Gasteiger partial charge in [0.2, 0.25) is 0 Å². The van der Waals surface area contributed by atoms with Crippen molar-refractivity contribution < 1.29 is 14.2 Å². The summed E-state index contributed by atoms with van der Waals surface area (Å²) in [4.78, 5) is 0. The molecule has 1 aliphatic heterocycles. The summed E-state index contributed by atoms with van der Waals surface area (Å²) in [6, 6.07) is 14.6. The number of rotatable bonds is 8. The Kier molecular flexibility index (Phi) is 7.00. The van der Waals surface area contributed by atoms with E-state index in [1.54, 1.807) is 19.2 Å². The molecular formula is C23H30FNO2. The highest BCUT2D eigenvalue weighted by atomic mass is 19.1. The van der Waals surface area contributed by atoms with Gasteiger partial charge in [-0.3, -0.25) is 0 Å². The van der Waals surface area contributed by atoms with Gasteiger partial charge in [0.05, 0.1) is 5.60 Å². The molecule has 1 unspecified atom stereocenters. The van der Waals surface area contributed by atoms with E-state index in [0.29, 0.717) is 13.0 Å². The molecule has 1 heterocycles. The second kappa shape index (κ2) is 9.45. The van der Waals surface area contributed by atoms with Crippen molar-refractivity contribution in [2.24, 2.45) is 5.92 Å². The average molecular weight is 371 g/mol. The maximum Gasteiger partial charge on any atom is 0.123 e. The molecule has 2 N–H and O–H groups in total. The molecule has 0 radical (unpaired) electrons. The van der Waals surface area contributed by atoms with Gasteiger partial charge >= 0.3 is 0 Å². The first-order valence-corrected chi connectivity index (χ1v) is 9.92. The molecule has 4 heteroatoms.